The Hall–Kier alpha value is -1.24. The lowest BCUT2D eigenvalue weighted by atomic mass is 9.90. The number of nitrogens with zero attached hydrogens (tertiary/aromatic N) is 1. The molecular formula is C19H26N2O2S2. The molecular weight excluding hydrogens is 352 g/mol. The van der Waals surface area contributed by atoms with Crippen molar-refractivity contribution in [3.05, 3.63) is 29.4 Å². The molecule has 1 aliphatic rings. The average Bonchev–Trinajstić information content (AvgIpc) is 3.04. The van der Waals surface area contributed by atoms with Crippen LogP contribution in [0.3, 0.4) is 0 Å². The summed E-state index contributed by atoms with van der Waals surface area (Å²) in [5.74, 6) is 0.686. The minimum Gasteiger partial charge on any atom is -0.508 e. The molecule has 136 valence electrons. The third kappa shape index (κ3) is 4.68. The monoisotopic (exact) mass is 378 g/mol. The molecule has 6 heteroatoms. The van der Waals surface area contributed by atoms with Crippen molar-refractivity contribution in [2.45, 2.75) is 69.2 Å². The molecule has 3 rings (SSSR count). The van der Waals surface area contributed by atoms with Crippen molar-refractivity contribution >= 4 is 22.3 Å². The first kappa shape index (κ1) is 18.5. The van der Waals surface area contributed by atoms with Gasteiger partial charge < -0.3 is 5.11 Å². The Balaban J connectivity index is 1.92. The maximum Gasteiger partial charge on any atom is 0.126 e. The summed E-state index contributed by atoms with van der Waals surface area (Å²) in [4.78, 5) is 6.27. The molecule has 1 fully saturated rings. The quantitative estimate of drug-likeness (QED) is 0.789. The SMILES string of the molecule is CC(C)(C)NS(=O)c1cc(O)ccc1-c1cnc(C2CCCCC2)s1. The lowest BCUT2D eigenvalue weighted by Gasteiger charge is -2.20. The van der Waals surface area contributed by atoms with Crippen molar-refractivity contribution in [2.75, 3.05) is 0 Å². The zero-order valence-electron chi connectivity index (χ0n) is 15.0. The number of rotatable bonds is 4. The van der Waals surface area contributed by atoms with Gasteiger partial charge in [0.2, 0.25) is 0 Å². The van der Waals surface area contributed by atoms with Gasteiger partial charge in [0.05, 0.1) is 14.8 Å². The van der Waals surface area contributed by atoms with E-state index in [9.17, 15) is 9.32 Å². The van der Waals surface area contributed by atoms with E-state index < -0.39 is 11.0 Å². The molecule has 0 aliphatic heterocycles. The molecule has 1 aromatic carbocycles. The molecule has 2 N–H and O–H groups in total. The van der Waals surface area contributed by atoms with E-state index in [1.54, 1.807) is 23.5 Å². The average molecular weight is 379 g/mol. The van der Waals surface area contributed by atoms with E-state index >= 15 is 0 Å². The molecule has 1 saturated carbocycles. The number of aromatic nitrogens is 1. The van der Waals surface area contributed by atoms with E-state index in [1.807, 2.05) is 33.0 Å². The standard InChI is InChI=1S/C19H26N2O2S2/c1-19(2,3)21-25(23)17-11-14(22)9-10-15(17)16-12-20-18(24-16)13-7-5-4-6-8-13/h9-13,21-22H,4-8H2,1-3H3. The third-order valence-electron chi connectivity index (χ3n) is 4.31. The predicted molar refractivity (Wildman–Crippen MR) is 104 cm³/mol. The van der Waals surface area contributed by atoms with Crippen LogP contribution in [0.2, 0.25) is 0 Å². The highest BCUT2D eigenvalue weighted by Gasteiger charge is 2.22. The summed E-state index contributed by atoms with van der Waals surface area (Å²) in [5, 5.41) is 11.0. The number of nitrogens with one attached hydrogen (secondary N) is 1. The second kappa shape index (κ2) is 7.56. The number of hydrogen-bond donors (Lipinski definition) is 2. The van der Waals surface area contributed by atoms with Crippen LogP contribution >= 0.6 is 11.3 Å². The van der Waals surface area contributed by atoms with Gasteiger partial charge in [-0.15, -0.1) is 11.3 Å². The Morgan fingerprint density at radius 3 is 2.64 bits per heavy atom. The molecule has 0 bridgehead atoms. The fraction of sp³-hybridized carbons (Fsp3) is 0.526. The van der Waals surface area contributed by atoms with Gasteiger partial charge in [-0.05, 0) is 51.8 Å². The van der Waals surface area contributed by atoms with Gasteiger partial charge in [-0.25, -0.2) is 13.9 Å². The number of thiazole rings is 1. The lowest BCUT2D eigenvalue weighted by Crippen LogP contribution is -2.37. The van der Waals surface area contributed by atoms with Crippen molar-refractivity contribution in [2.24, 2.45) is 0 Å². The summed E-state index contributed by atoms with van der Waals surface area (Å²) < 4.78 is 15.9. The maximum absolute atomic E-state index is 12.8. The highest BCUT2D eigenvalue weighted by molar-refractivity contribution is 7.83. The predicted octanol–water partition coefficient (Wildman–Crippen LogP) is 4.97. The van der Waals surface area contributed by atoms with Crippen molar-refractivity contribution in [3.63, 3.8) is 0 Å². The summed E-state index contributed by atoms with van der Waals surface area (Å²) in [6.45, 7) is 5.92. The number of phenolic OH excluding ortho intramolecular Hbond substituents is 1. The second-order valence-electron chi connectivity index (χ2n) is 7.70. The van der Waals surface area contributed by atoms with Gasteiger partial charge >= 0.3 is 0 Å². The molecule has 0 amide bonds. The molecule has 1 heterocycles. The van der Waals surface area contributed by atoms with E-state index in [0.29, 0.717) is 10.8 Å². The van der Waals surface area contributed by atoms with Gasteiger partial charge in [0.25, 0.3) is 0 Å². The first-order chi connectivity index (χ1) is 11.8. The van der Waals surface area contributed by atoms with Crippen molar-refractivity contribution < 1.29 is 9.32 Å². The molecule has 1 unspecified atom stereocenters. The van der Waals surface area contributed by atoms with Crippen molar-refractivity contribution in [1.82, 2.24) is 9.71 Å². The highest BCUT2D eigenvalue weighted by Crippen LogP contribution is 2.39. The van der Waals surface area contributed by atoms with E-state index in [2.05, 4.69) is 9.71 Å². The Morgan fingerprint density at radius 1 is 1.24 bits per heavy atom. The summed E-state index contributed by atoms with van der Waals surface area (Å²) in [5.41, 5.74) is 0.599. The first-order valence-corrected chi connectivity index (χ1v) is 10.8. The second-order valence-corrected chi connectivity index (χ2v) is 9.94. The molecule has 1 atom stereocenters. The zero-order valence-corrected chi connectivity index (χ0v) is 16.7. The van der Waals surface area contributed by atoms with Gasteiger partial charge in [-0.3, -0.25) is 0 Å². The highest BCUT2D eigenvalue weighted by atomic mass is 32.2. The fourth-order valence-corrected chi connectivity index (χ4v) is 5.61. The van der Waals surface area contributed by atoms with Gasteiger partial charge in [-0.1, -0.05) is 19.3 Å². The van der Waals surface area contributed by atoms with Crippen LogP contribution in [0.4, 0.5) is 0 Å². The lowest BCUT2D eigenvalue weighted by molar-refractivity contribution is 0.442. The van der Waals surface area contributed by atoms with Gasteiger partial charge in [-0.2, -0.15) is 0 Å². The van der Waals surface area contributed by atoms with Crippen LogP contribution in [0.1, 0.15) is 63.8 Å². The summed E-state index contributed by atoms with van der Waals surface area (Å²) >= 11 is 1.69. The fourth-order valence-electron chi connectivity index (χ4n) is 3.15. The van der Waals surface area contributed by atoms with Crippen LogP contribution < -0.4 is 4.72 Å². The van der Waals surface area contributed by atoms with Crippen LogP contribution in [0.15, 0.2) is 29.3 Å². The van der Waals surface area contributed by atoms with E-state index in [0.717, 1.165) is 10.4 Å². The van der Waals surface area contributed by atoms with E-state index in [1.165, 1.54) is 37.1 Å². The summed E-state index contributed by atoms with van der Waals surface area (Å²) in [7, 11) is -1.40. The van der Waals surface area contributed by atoms with E-state index in [-0.39, 0.29) is 11.3 Å². The number of aromatic hydroxyl groups is 1. The molecule has 2 aromatic rings. The molecule has 1 aliphatic carbocycles. The van der Waals surface area contributed by atoms with Crippen LogP contribution in [0.25, 0.3) is 10.4 Å². The minimum absolute atomic E-state index is 0.125. The Kier molecular flexibility index (Phi) is 5.61. The van der Waals surface area contributed by atoms with Crippen molar-refractivity contribution in [3.8, 4) is 16.2 Å². The Morgan fingerprint density at radius 2 is 1.96 bits per heavy atom. The van der Waals surface area contributed by atoms with Crippen molar-refractivity contribution in [1.29, 1.82) is 0 Å². The normalized spacial score (nSPS) is 17.6. The molecule has 0 radical (unpaired) electrons. The molecule has 25 heavy (non-hydrogen) atoms. The largest absolute Gasteiger partial charge is 0.508 e. The van der Waals surface area contributed by atoms with Gasteiger partial charge in [0, 0.05) is 23.2 Å². The van der Waals surface area contributed by atoms with Gasteiger partial charge in [0.15, 0.2) is 0 Å². The minimum atomic E-state index is -1.40. The van der Waals surface area contributed by atoms with Gasteiger partial charge in [0.1, 0.15) is 16.7 Å². The number of hydrogen-bond acceptors (Lipinski definition) is 4. The zero-order chi connectivity index (χ0) is 18.0. The third-order valence-corrected chi connectivity index (χ3v) is 7.04. The molecule has 0 saturated heterocycles. The Bertz CT molecular complexity index is 759. The van der Waals surface area contributed by atoms with Crippen LogP contribution in [-0.4, -0.2) is 19.8 Å². The Labute approximate surface area is 156 Å². The first-order valence-electron chi connectivity index (χ1n) is 8.82. The molecule has 4 nitrogen and oxygen atoms in total. The molecule has 1 aromatic heterocycles. The summed E-state index contributed by atoms with van der Waals surface area (Å²) in [6, 6.07) is 5.07. The number of phenols is 1. The van der Waals surface area contributed by atoms with Crippen LogP contribution in [0.5, 0.6) is 5.75 Å². The van der Waals surface area contributed by atoms with E-state index in [4.69, 9.17) is 0 Å². The maximum atomic E-state index is 12.8. The number of benzene rings is 1. The topological polar surface area (TPSA) is 62.2 Å². The summed E-state index contributed by atoms with van der Waals surface area (Å²) in [6.07, 6.45) is 8.21. The van der Waals surface area contributed by atoms with Crippen LogP contribution in [-0.2, 0) is 11.0 Å². The molecule has 0 spiro atoms. The smallest absolute Gasteiger partial charge is 0.126 e. The van der Waals surface area contributed by atoms with Crippen LogP contribution in [0, 0.1) is 0 Å².